The minimum atomic E-state index is -4.94. The molecule has 0 spiro atoms. The molecule has 1 N–H and O–H groups in total. The third-order valence-electron chi connectivity index (χ3n) is 6.86. The number of aromatic nitrogens is 3. The van der Waals surface area contributed by atoms with Gasteiger partial charge in [-0.15, -0.1) is 0 Å². The van der Waals surface area contributed by atoms with E-state index in [2.05, 4.69) is 10.1 Å². The third-order valence-corrected chi connectivity index (χ3v) is 6.86. The van der Waals surface area contributed by atoms with Crippen LogP contribution in [0, 0.1) is 11.3 Å². The van der Waals surface area contributed by atoms with Crippen LogP contribution in [0.1, 0.15) is 23.1 Å². The highest BCUT2D eigenvalue weighted by Crippen LogP contribution is 2.40. The highest BCUT2D eigenvalue weighted by atomic mass is 19.4. The number of fused-ring (bicyclic) bond motifs is 1. The summed E-state index contributed by atoms with van der Waals surface area (Å²) < 4.78 is 84.7. The lowest BCUT2D eigenvalue weighted by molar-refractivity contribution is -0.139. The molecule has 42 heavy (non-hydrogen) atoms. The van der Waals surface area contributed by atoms with Crippen molar-refractivity contribution in [1.29, 1.82) is 5.26 Å². The normalized spacial score (nSPS) is 17.4. The Balaban J connectivity index is 1.30. The van der Waals surface area contributed by atoms with Gasteiger partial charge in [-0.05, 0) is 30.3 Å². The molecule has 4 heterocycles. The summed E-state index contributed by atoms with van der Waals surface area (Å²) in [5.41, 5.74) is -3.28. The number of benzene rings is 1. The first-order valence-electron chi connectivity index (χ1n) is 12.5. The molecule has 10 nitrogen and oxygen atoms in total. The first-order chi connectivity index (χ1) is 19.8. The fourth-order valence-electron chi connectivity index (χ4n) is 4.73. The standard InChI is InChI=1S/C26H21F6N7O3/c27-25(28,29)16-2-4-21(34-13-16)37-5-7-38(8-6-37)23(40)10-17-14-39(19-9-15(12-33)1-3-20(19)42-17)22-11-18(26(30,31)32)24(41)36-35-22/h1-4,9,11,13,17H,5-8,10,14H2,(H,36,41)/t17-/m0/s1. The number of ether oxygens (including phenoxy) is 1. The van der Waals surface area contributed by atoms with Gasteiger partial charge >= 0.3 is 12.4 Å². The zero-order valence-electron chi connectivity index (χ0n) is 21.5. The maximum Gasteiger partial charge on any atom is 0.421 e. The molecule has 0 aliphatic carbocycles. The number of rotatable bonds is 4. The van der Waals surface area contributed by atoms with Crippen molar-refractivity contribution in [2.75, 3.05) is 42.5 Å². The maximum atomic E-state index is 13.4. The number of hydrogen-bond donors (Lipinski definition) is 1. The van der Waals surface area contributed by atoms with Crippen molar-refractivity contribution < 1.29 is 35.9 Å². The molecule has 0 radical (unpaired) electrons. The molecule has 1 aromatic carbocycles. The Kier molecular flexibility index (Phi) is 7.43. The van der Waals surface area contributed by atoms with E-state index in [-0.39, 0.29) is 54.8 Å². The first-order valence-corrected chi connectivity index (χ1v) is 12.5. The third kappa shape index (κ3) is 5.94. The molecule has 1 amide bonds. The molecule has 0 unspecified atom stereocenters. The quantitative estimate of drug-likeness (QED) is 0.455. The van der Waals surface area contributed by atoms with Crippen molar-refractivity contribution in [3.63, 3.8) is 0 Å². The van der Waals surface area contributed by atoms with Crippen LogP contribution in [0.2, 0.25) is 0 Å². The minimum Gasteiger partial charge on any atom is -0.486 e. The lowest BCUT2D eigenvalue weighted by Gasteiger charge is -2.38. The summed E-state index contributed by atoms with van der Waals surface area (Å²) in [4.78, 5) is 33.5. The number of alkyl halides is 6. The molecule has 0 saturated carbocycles. The van der Waals surface area contributed by atoms with E-state index in [1.165, 1.54) is 29.2 Å². The second kappa shape index (κ2) is 10.9. The fraction of sp³-hybridized carbons (Fsp3) is 0.346. The van der Waals surface area contributed by atoms with Gasteiger partial charge in [0.15, 0.2) is 5.82 Å². The monoisotopic (exact) mass is 593 g/mol. The maximum absolute atomic E-state index is 13.4. The molecule has 3 aromatic rings. The Bertz CT molecular complexity index is 1580. The number of anilines is 3. The van der Waals surface area contributed by atoms with Crippen LogP contribution in [-0.4, -0.2) is 64.8 Å². The van der Waals surface area contributed by atoms with Crippen molar-refractivity contribution in [2.45, 2.75) is 24.9 Å². The van der Waals surface area contributed by atoms with Gasteiger partial charge in [-0.3, -0.25) is 9.59 Å². The number of H-pyrrole nitrogens is 1. The summed E-state index contributed by atoms with van der Waals surface area (Å²) in [7, 11) is 0. The Morgan fingerprint density at radius 3 is 2.38 bits per heavy atom. The van der Waals surface area contributed by atoms with Gasteiger partial charge in [0.25, 0.3) is 5.56 Å². The number of nitrogens with zero attached hydrogens (tertiary/aromatic N) is 6. The molecule has 16 heteroatoms. The highest BCUT2D eigenvalue weighted by Gasteiger charge is 2.37. The summed E-state index contributed by atoms with van der Waals surface area (Å²) >= 11 is 0. The number of carbonyl (C=O) groups is 1. The van der Waals surface area contributed by atoms with Crippen molar-refractivity contribution in [1.82, 2.24) is 20.1 Å². The summed E-state index contributed by atoms with van der Waals surface area (Å²) in [5, 5.41) is 14.9. The molecule has 2 aliphatic rings. The van der Waals surface area contributed by atoms with E-state index < -0.39 is 35.1 Å². The van der Waals surface area contributed by atoms with Crippen LogP contribution in [0.3, 0.4) is 0 Å². The summed E-state index contributed by atoms with van der Waals surface area (Å²) in [6.45, 7) is 1.05. The second-order valence-corrected chi connectivity index (χ2v) is 9.59. The zero-order valence-corrected chi connectivity index (χ0v) is 21.5. The number of amides is 1. The number of carbonyl (C=O) groups excluding carboxylic acids is 1. The minimum absolute atomic E-state index is 0.112. The molecular weight excluding hydrogens is 572 g/mol. The fourth-order valence-corrected chi connectivity index (χ4v) is 4.73. The Labute approximate surface area is 233 Å². The Hall–Kier alpha value is -4.81. The summed E-state index contributed by atoms with van der Waals surface area (Å²) in [6.07, 6.45) is -9.66. The van der Waals surface area contributed by atoms with Gasteiger partial charge in [0.05, 0.1) is 35.8 Å². The topological polar surface area (TPSA) is 118 Å². The highest BCUT2D eigenvalue weighted by molar-refractivity contribution is 5.78. The number of pyridine rings is 1. The molecular formula is C26H21F6N7O3. The molecule has 2 aromatic heterocycles. The van der Waals surface area contributed by atoms with Gasteiger partial charge in [0.2, 0.25) is 5.91 Å². The summed E-state index contributed by atoms with van der Waals surface area (Å²) in [6, 6.07) is 9.08. The average molecular weight is 593 g/mol. The second-order valence-electron chi connectivity index (χ2n) is 9.59. The van der Waals surface area contributed by atoms with Crippen LogP contribution in [0.5, 0.6) is 5.75 Å². The van der Waals surface area contributed by atoms with Gasteiger partial charge in [-0.25, -0.2) is 10.1 Å². The molecule has 0 bridgehead atoms. The number of aromatic amines is 1. The number of halogens is 6. The summed E-state index contributed by atoms with van der Waals surface area (Å²) in [5.74, 6) is -0.00159. The molecule has 1 fully saturated rings. The Morgan fingerprint density at radius 2 is 1.76 bits per heavy atom. The Morgan fingerprint density at radius 1 is 1.02 bits per heavy atom. The van der Waals surface area contributed by atoms with Crippen molar-refractivity contribution in [2.24, 2.45) is 0 Å². The number of hydrogen-bond acceptors (Lipinski definition) is 8. The largest absolute Gasteiger partial charge is 0.486 e. The van der Waals surface area contributed by atoms with Crippen molar-refractivity contribution >= 4 is 23.2 Å². The lowest BCUT2D eigenvalue weighted by Crippen LogP contribution is -2.50. The van der Waals surface area contributed by atoms with Gasteiger partial charge in [0, 0.05) is 38.4 Å². The number of nitriles is 1. The number of piperazine rings is 1. The molecule has 2 aliphatic heterocycles. The van der Waals surface area contributed by atoms with Crippen LogP contribution >= 0.6 is 0 Å². The van der Waals surface area contributed by atoms with Gasteiger partial charge in [-0.2, -0.15) is 36.7 Å². The van der Waals surface area contributed by atoms with E-state index in [9.17, 15) is 41.2 Å². The SMILES string of the molecule is N#Cc1ccc2c(c1)N(c1cc(C(F)(F)F)c(=O)[nH]n1)C[C@H](CC(=O)N1CCN(c3ccc(C(F)(F)F)cn3)CC1)O2. The van der Waals surface area contributed by atoms with Gasteiger partial charge < -0.3 is 19.4 Å². The van der Waals surface area contributed by atoms with Crippen LogP contribution in [0.25, 0.3) is 0 Å². The van der Waals surface area contributed by atoms with Crippen LogP contribution in [0.4, 0.5) is 43.7 Å². The van der Waals surface area contributed by atoms with Crippen molar-refractivity contribution in [3.05, 3.63) is 69.6 Å². The van der Waals surface area contributed by atoms with Crippen molar-refractivity contribution in [3.8, 4) is 11.8 Å². The van der Waals surface area contributed by atoms with Crippen LogP contribution < -0.4 is 20.1 Å². The van der Waals surface area contributed by atoms with E-state index in [0.717, 1.165) is 12.3 Å². The smallest absolute Gasteiger partial charge is 0.421 e. The average Bonchev–Trinajstić information content (AvgIpc) is 2.96. The molecule has 5 rings (SSSR count). The van der Waals surface area contributed by atoms with Gasteiger partial charge in [-0.1, -0.05) is 0 Å². The first kappa shape index (κ1) is 28.7. The van der Waals surface area contributed by atoms with Gasteiger partial charge in [0.1, 0.15) is 23.2 Å². The van der Waals surface area contributed by atoms with E-state index >= 15 is 0 Å². The van der Waals surface area contributed by atoms with E-state index in [4.69, 9.17) is 4.74 Å². The van der Waals surface area contributed by atoms with E-state index in [0.29, 0.717) is 25.0 Å². The number of nitrogens with one attached hydrogen (secondary N) is 1. The predicted octanol–water partition coefficient (Wildman–Crippen LogP) is 3.71. The van der Waals surface area contributed by atoms with Crippen LogP contribution in [0.15, 0.2) is 47.4 Å². The van der Waals surface area contributed by atoms with Crippen LogP contribution in [-0.2, 0) is 17.1 Å². The van der Waals surface area contributed by atoms with E-state index in [1.807, 2.05) is 11.2 Å². The molecule has 1 saturated heterocycles. The lowest BCUT2D eigenvalue weighted by atomic mass is 10.1. The molecule has 220 valence electrons. The zero-order chi connectivity index (χ0) is 30.2. The van der Waals surface area contributed by atoms with E-state index in [1.54, 1.807) is 9.80 Å². The molecule has 1 atom stereocenters. The predicted molar refractivity (Wildman–Crippen MR) is 135 cm³/mol.